The molecule has 3 aromatic carbocycles. The number of hydrogen-bond donors (Lipinski definition) is 0. The van der Waals surface area contributed by atoms with Crippen LogP contribution in [0.4, 0.5) is 10.1 Å². The molecule has 30 heavy (non-hydrogen) atoms. The van der Waals surface area contributed by atoms with Crippen molar-refractivity contribution in [3.05, 3.63) is 99.7 Å². The summed E-state index contributed by atoms with van der Waals surface area (Å²) in [5, 5.41) is 0.532. The molecule has 3 aromatic rings. The van der Waals surface area contributed by atoms with Crippen molar-refractivity contribution >= 4 is 57.6 Å². The van der Waals surface area contributed by atoms with E-state index >= 15 is 0 Å². The Bertz CT molecular complexity index is 1150. The lowest BCUT2D eigenvalue weighted by atomic mass is 10.1. The Morgan fingerprint density at radius 1 is 1.07 bits per heavy atom. The summed E-state index contributed by atoms with van der Waals surface area (Å²) in [5.74, 6) is 0.122. The Balaban J connectivity index is 1.57. The predicted octanol–water partition coefficient (Wildman–Crippen LogP) is 6.46. The Morgan fingerprint density at radius 2 is 1.83 bits per heavy atom. The number of nitrogens with zero attached hydrogens (tertiary/aromatic N) is 1. The summed E-state index contributed by atoms with van der Waals surface area (Å²) in [6.45, 7) is 0.286. The quantitative estimate of drug-likeness (QED) is 0.326. The average Bonchev–Trinajstić information content (AvgIpc) is 3.01. The molecule has 4 rings (SSSR count). The molecule has 7 heteroatoms. The molecule has 0 unspecified atom stereocenters. The summed E-state index contributed by atoms with van der Waals surface area (Å²) in [7, 11) is 0. The van der Waals surface area contributed by atoms with Gasteiger partial charge in [0.2, 0.25) is 0 Å². The smallest absolute Gasteiger partial charge is 0.270 e. The number of anilines is 1. The molecule has 0 spiro atoms. The van der Waals surface area contributed by atoms with E-state index in [-0.39, 0.29) is 18.3 Å². The van der Waals surface area contributed by atoms with E-state index in [0.29, 0.717) is 25.7 Å². The second kappa shape index (κ2) is 9.00. The van der Waals surface area contributed by atoms with E-state index in [2.05, 4.69) is 0 Å². The number of thiocarbonyl (C=S) groups is 1. The molecule has 1 fully saturated rings. The largest absolute Gasteiger partial charge is 0.488 e. The number of carbonyl (C=O) groups is 1. The predicted molar refractivity (Wildman–Crippen MR) is 124 cm³/mol. The molecular weight excluding hydrogens is 441 g/mol. The first-order valence-electron chi connectivity index (χ1n) is 9.01. The van der Waals surface area contributed by atoms with Crippen LogP contribution in [-0.4, -0.2) is 10.2 Å². The van der Waals surface area contributed by atoms with Crippen molar-refractivity contribution in [3.63, 3.8) is 0 Å². The Hall–Kier alpha value is -2.67. The van der Waals surface area contributed by atoms with Crippen molar-refractivity contribution in [1.29, 1.82) is 0 Å². The fourth-order valence-corrected chi connectivity index (χ4v) is 4.39. The maximum atomic E-state index is 13.1. The van der Waals surface area contributed by atoms with Crippen LogP contribution >= 0.6 is 35.6 Å². The number of thioether (sulfide) groups is 1. The van der Waals surface area contributed by atoms with Gasteiger partial charge in [-0.2, -0.15) is 0 Å². The number of para-hydroxylation sites is 1. The van der Waals surface area contributed by atoms with Crippen LogP contribution in [0.3, 0.4) is 0 Å². The first-order valence-corrected chi connectivity index (χ1v) is 10.6. The normalized spacial score (nSPS) is 15.1. The van der Waals surface area contributed by atoms with Gasteiger partial charge >= 0.3 is 0 Å². The first kappa shape index (κ1) is 20.6. The van der Waals surface area contributed by atoms with E-state index in [9.17, 15) is 9.18 Å². The van der Waals surface area contributed by atoms with Crippen LogP contribution in [0.5, 0.6) is 5.75 Å². The number of hydrogen-bond acceptors (Lipinski definition) is 4. The molecule has 0 aliphatic carbocycles. The van der Waals surface area contributed by atoms with Gasteiger partial charge in [-0.25, -0.2) is 4.39 Å². The minimum absolute atomic E-state index is 0.208. The molecule has 1 heterocycles. The lowest BCUT2D eigenvalue weighted by Crippen LogP contribution is -2.27. The third kappa shape index (κ3) is 4.56. The van der Waals surface area contributed by atoms with Gasteiger partial charge in [0.05, 0.1) is 10.6 Å². The Kier molecular flexibility index (Phi) is 6.18. The number of amides is 1. The van der Waals surface area contributed by atoms with Crippen LogP contribution in [0.1, 0.15) is 11.1 Å². The van der Waals surface area contributed by atoms with Crippen LogP contribution in [0.25, 0.3) is 6.08 Å². The fourth-order valence-electron chi connectivity index (χ4n) is 2.92. The number of halogens is 2. The summed E-state index contributed by atoms with van der Waals surface area (Å²) in [5.41, 5.74) is 2.24. The van der Waals surface area contributed by atoms with E-state index < -0.39 is 0 Å². The number of rotatable bonds is 5. The van der Waals surface area contributed by atoms with E-state index in [1.54, 1.807) is 42.5 Å². The third-order valence-corrected chi connectivity index (χ3v) is 5.91. The molecule has 0 aromatic heterocycles. The number of benzene rings is 3. The Morgan fingerprint density at radius 3 is 2.60 bits per heavy atom. The van der Waals surface area contributed by atoms with Gasteiger partial charge in [0, 0.05) is 10.6 Å². The van der Waals surface area contributed by atoms with Crippen molar-refractivity contribution in [2.45, 2.75) is 6.61 Å². The minimum Gasteiger partial charge on any atom is -0.488 e. The second-order valence-electron chi connectivity index (χ2n) is 6.45. The molecule has 0 radical (unpaired) electrons. The molecule has 0 saturated carbocycles. The van der Waals surface area contributed by atoms with Gasteiger partial charge in [0.15, 0.2) is 4.32 Å². The molecule has 1 amide bonds. The van der Waals surface area contributed by atoms with Crippen LogP contribution in [0, 0.1) is 5.82 Å². The zero-order valence-corrected chi connectivity index (χ0v) is 17.9. The van der Waals surface area contributed by atoms with Crippen LogP contribution in [0.2, 0.25) is 5.02 Å². The second-order valence-corrected chi connectivity index (χ2v) is 8.56. The van der Waals surface area contributed by atoms with Crippen LogP contribution in [-0.2, 0) is 11.4 Å². The molecule has 1 aliphatic rings. The van der Waals surface area contributed by atoms with Gasteiger partial charge in [-0.3, -0.25) is 9.69 Å². The van der Waals surface area contributed by atoms with Gasteiger partial charge < -0.3 is 4.74 Å². The van der Waals surface area contributed by atoms with Crippen molar-refractivity contribution in [1.82, 2.24) is 0 Å². The highest BCUT2D eigenvalue weighted by Gasteiger charge is 2.33. The monoisotopic (exact) mass is 455 g/mol. The van der Waals surface area contributed by atoms with E-state index in [4.69, 9.17) is 28.6 Å². The highest BCUT2D eigenvalue weighted by atomic mass is 35.5. The number of ether oxygens (including phenoxy) is 1. The summed E-state index contributed by atoms with van der Waals surface area (Å²) in [6.07, 6.45) is 1.77. The van der Waals surface area contributed by atoms with Gasteiger partial charge in [-0.1, -0.05) is 72.0 Å². The summed E-state index contributed by atoms with van der Waals surface area (Å²) < 4.78 is 19.4. The first-order chi connectivity index (χ1) is 14.5. The fraction of sp³-hybridized carbons (Fsp3) is 0.0435. The van der Waals surface area contributed by atoms with Crippen LogP contribution in [0.15, 0.2) is 77.7 Å². The molecule has 0 atom stereocenters. The zero-order chi connectivity index (χ0) is 21.1. The molecule has 3 nitrogen and oxygen atoms in total. The van der Waals surface area contributed by atoms with Gasteiger partial charge in [-0.15, -0.1) is 0 Å². The molecule has 0 bridgehead atoms. The van der Waals surface area contributed by atoms with Gasteiger partial charge in [-0.05, 0) is 48.0 Å². The summed E-state index contributed by atoms with van der Waals surface area (Å²) in [4.78, 5) is 15.0. The standard InChI is InChI=1S/C23H15ClFNO2S2/c24-17-5-3-6-19(13-17)26-22(27)21(30-23(26)29)12-16-4-1-2-7-20(16)28-14-15-8-10-18(25)11-9-15/h1-13H,14H2/b21-12+. The maximum Gasteiger partial charge on any atom is 0.270 e. The molecule has 1 saturated heterocycles. The van der Waals surface area contributed by atoms with Crippen molar-refractivity contribution < 1.29 is 13.9 Å². The van der Waals surface area contributed by atoms with Gasteiger partial charge in [0.25, 0.3) is 5.91 Å². The lowest BCUT2D eigenvalue weighted by molar-refractivity contribution is -0.113. The molecule has 150 valence electrons. The molecule has 0 N–H and O–H groups in total. The van der Waals surface area contributed by atoms with Crippen molar-refractivity contribution in [2.24, 2.45) is 0 Å². The number of carbonyl (C=O) groups excluding carboxylic acids is 1. The van der Waals surface area contributed by atoms with Crippen LogP contribution < -0.4 is 9.64 Å². The lowest BCUT2D eigenvalue weighted by Gasteiger charge is -2.14. The highest BCUT2D eigenvalue weighted by Crippen LogP contribution is 2.37. The van der Waals surface area contributed by atoms with E-state index in [0.717, 1.165) is 11.1 Å². The summed E-state index contributed by atoms with van der Waals surface area (Å²) >= 11 is 12.7. The van der Waals surface area contributed by atoms with E-state index in [1.165, 1.54) is 28.8 Å². The van der Waals surface area contributed by atoms with Crippen molar-refractivity contribution in [2.75, 3.05) is 4.90 Å². The zero-order valence-electron chi connectivity index (χ0n) is 15.5. The SMILES string of the molecule is O=C1/C(=C\c2ccccc2OCc2ccc(F)cc2)SC(=S)N1c1cccc(Cl)c1. The van der Waals surface area contributed by atoms with E-state index in [1.807, 2.05) is 24.3 Å². The Labute approximate surface area is 188 Å². The van der Waals surface area contributed by atoms with Gasteiger partial charge in [0.1, 0.15) is 18.2 Å². The average molecular weight is 456 g/mol. The molecular formula is C23H15ClFNO2S2. The minimum atomic E-state index is -0.291. The third-order valence-electron chi connectivity index (χ3n) is 4.37. The molecule has 1 aliphatic heterocycles. The topological polar surface area (TPSA) is 29.5 Å². The summed E-state index contributed by atoms with van der Waals surface area (Å²) in [6, 6.07) is 20.6. The maximum absolute atomic E-state index is 13.1. The van der Waals surface area contributed by atoms with Crippen molar-refractivity contribution in [3.8, 4) is 5.75 Å². The highest BCUT2D eigenvalue weighted by molar-refractivity contribution is 8.27.